The molecule has 1 unspecified atom stereocenters. The largest absolute Gasteiger partial charge is 0.481 e. The average Bonchev–Trinajstić information content (AvgIpc) is 3.14. The first-order valence-electron chi connectivity index (χ1n) is 9.74. The molecule has 148 valence electrons. The van der Waals surface area contributed by atoms with Crippen LogP contribution in [-0.2, 0) is 20.9 Å². The monoisotopic (exact) mass is 375 g/mol. The highest BCUT2D eigenvalue weighted by Crippen LogP contribution is 2.38. The van der Waals surface area contributed by atoms with Gasteiger partial charge < -0.3 is 19.5 Å². The van der Waals surface area contributed by atoms with Crippen molar-refractivity contribution >= 4 is 11.9 Å². The fraction of sp³-hybridized carbons (Fsp3) is 0.619. The van der Waals surface area contributed by atoms with Crippen LogP contribution in [0.5, 0.6) is 0 Å². The molecule has 1 amide bonds. The molecule has 1 aromatic carbocycles. The molecule has 0 radical (unpaired) electrons. The molecule has 1 aromatic rings. The van der Waals surface area contributed by atoms with Crippen LogP contribution in [0, 0.1) is 11.3 Å². The molecule has 2 saturated heterocycles. The van der Waals surface area contributed by atoms with Crippen LogP contribution in [-0.4, -0.2) is 54.3 Å². The molecule has 0 saturated carbocycles. The van der Waals surface area contributed by atoms with Gasteiger partial charge in [0.05, 0.1) is 18.1 Å². The molecule has 6 heteroatoms. The summed E-state index contributed by atoms with van der Waals surface area (Å²) in [4.78, 5) is 26.6. The summed E-state index contributed by atoms with van der Waals surface area (Å²) in [6, 6.07) is 7.46. The Bertz CT molecular complexity index is 683. The lowest BCUT2D eigenvalue weighted by atomic mass is 9.76. The maximum Gasteiger partial charge on any atom is 0.311 e. The van der Waals surface area contributed by atoms with Gasteiger partial charge in [0.2, 0.25) is 0 Å². The highest BCUT2D eigenvalue weighted by molar-refractivity contribution is 5.96. The molecule has 0 aliphatic carbocycles. The maximum absolute atomic E-state index is 13.1. The van der Waals surface area contributed by atoms with Crippen molar-refractivity contribution in [2.24, 2.45) is 11.3 Å². The number of hydrogen-bond donors (Lipinski definition) is 1. The molecule has 0 bridgehead atoms. The third-order valence-corrected chi connectivity index (χ3v) is 6.01. The first kappa shape index (κ1) is 19.8. The molecule has 2 fully saturated rings. The third-order valence-electron chi connectivity index (χ3n) is 6.01. The van der Waals surface area contributed by atoms with Gasteiger partial charge in [-0.2, -0.15) is 0 Å². The van der Waals surface area contributed by atoms with Crippen LogP contribution < -0.4 is 0 Å². The Hall–Kier alpha value is -1.92. The van der Waals surface area contributed by atoms with E-state index in [1.165, 1.54) is 0 Å². The van der Waals surface area contributed by atoms with Crippen LogP contribution in [0.3, 0.4) is 0 Å². The van der Waals surface area contributed by atoms with E-state index in [1.807, 2.05) is 32.0 Å². The lowest BCUT2D eigenvalue weighted by molar-refractivity contribution is -0.150. The van der Waals surface area contributed by atoms with E-state index >= 15 is 0 Å². The summed E-state index contributed by atoms with van der Waals surface area (Å²) in [6.45, 7) is 6.37. The number of likely N-dealkylation sites (tertiary alicyclic amines) is 1. The molecule has 3 rings (SSSR count). The Labute approximate surface area is 160 Å². The van der Waals surface area contributed by atoms with Crippen molar-refractivity contribution in [2.75, 3.05) is 26.3 Å². The number of aliphatic carboxylic acids is 1. The molecule has 2 aliphatic heterocycles. The molecule has 2 aliphatic rings. The lowest BCUT2D eigenvalue weighted by Crippen LogP contribution is -2.40. The van der Waals surface area contributed by atoms with E-state index in [1.54, 1.807) is 11.0 Å². The number of ether oxygens (including phenoxy) is 2. The van der Waals surface area contributed by atoms with Gasteiger partial charge in [-0.25, -0.2) is 0 Å². The van der Waals surface area contributed by atoms with E-state index in [0.29, 0.717) is 38.3 Å². The molecular formula is C21H29NO5. The van der Waals surface area contributed by atoms with Crippen molar-refractivity contribution in [3.05, 3.63) is 35.4 Å². The minimum atomic E-state index is -0.858. The number of carbonyl (C=O) groups is 2. The smallest absolute Gasteiger partial charge is 0.311 e. The average molecular weight is 375 g/mol. The summed E-state index contributed by atoms with van der Waals surface area (Å²) < 4.78 is 11.3. The van der Waals surface area contributed by atoms with Gasteiger partial charge in [0.15, 0.2) is 0 Å². The Morgan fingerprint density at radius 1 is 1.30 bits per heavy atom. The molecular weight excluding hydrogens is 346 g/mol. The van der Waals surface area contributed by atoms with Crippen LogP contribution in [0.25, 0.3) is 0 Å². The predicted octanol–water partition coefficient (Wildman–Crippen LogP) is 2.96. The van der Waals surface area contributed by atoms with E-state index in [4.69, 9.17) is 9.47 Å². The topological polar surface area (TPSA) is 76.1 Å². The first-order chi connectivity index (χ1) is 12.9. The second-order valence-electron chi connectivity index (χ2n) is 7.87. The van der Waals surface area contributed by atoms with Gasteiger partial charge in [-0.05, 0) is 36.8 Å². The number of nitrogens with zero attached hydrogens (tertiary/aromatic N) is 1. The molecule has 27 heavy (non-hydrogen) atoms. The quantitative estimate of drug-likeness (QED) is 0.827. The van der Waals surface area contributed by atoms with Crippen molar-refractivity contribution in [1.82, 2.24) is 4.90 Å². The fourth-order valence-corrected chi connectivity index (χ4v) is 3.97. The Morgan fingerprint density at radius 3 is 2.63 bits per heavy atom. The van der Waals surface area contributed by atoms with Crippen molar-refractivity contribution in [3.8, 4) is 0 Å². The Kier molecular flexibility index (Phi) is 6.17. The summed E-state index contributed by atoms with van der Waals surface area (Å²) in [7, 11) is 0. The van der Waals surface area contributed by atoms with Gasteiger partial charge in [-0.1, -0.05) is 32.0 Å². The molecule has 1 atom stereocenters. The highest BCUT2D eigenvalue weighted by Gasteiger charge is 2.48. The number of hydrogen-bond acceptors (Lipinski definition) is 4. The van der Waals surface area contributed by atoms with Gasteiger partial charge in [0.1, 0.15) is 0 Å². The summed E-state index contributed by atoms with van der Waals surface area (Å²) in [6.07, 6.45) is 2.40. The summed E-state index contributed by atoms with van der Waals surface area (Å²) >= 11 is 0. The van der Waals surface area contributed by atoms with Crippen LogP contribution in [0.4, 0.5) is 0 Å². The first-order valence-corrected chi connectivity index (χ1v) is 9.74. The zero-order valence-corrected chi connectivity index (χ0v) is 16.1. The fourth-order valence-electron chi connectivity index (χ4n) is 3.97. The zero-order chi connectivity index (χ0) is 19.4. The number of carboxylic acid groups (broad SMARTS) is 1. The van der Waals surface area contributed by atoms with Crippen LogP contribution in [0.1, 0.15) is 49.0 Å². The number of benzene rings is 1. The standard InChI is InChI=1S/C21H29NO5/c1-15(2)21(20(24)25)9-10-22(14-21)19(23)18-6-4-3-5-16(18)13-27-17-7-11-26-12-8-17/h3-6,15,17H,7-14H2,1-2H3,(H,24,25). The summed E-state index contributed by atoms with van der Waals surface area (Å²) in [5.74, 6) is -0.950. The molecule has 0 aromatic heterocycles. The van der Waals surface area contributed by atoms with Crippen molar-refractivity contribution in [1.29, 1.82) is 0 Å². The van der Waals surface area contributed by atoms with Crippen LogP contribution in [0.15, 0.2) is 24.3 Å². The van der Waals surface area contributed by atoms with E-state index < -0.39 is 11.4 Å². The maximum atomic E-state index is 13.1. The van der Waals surface area contributed by atoms with Crippen LogP contribution in [0.2, 0.25) is 0 Å². The molecule has 1 N–H and O–H groups in total. The Morgan fingerprint density at radius 2 is 2.00 bits per heavy atom. The van der Waals surface area contributed by atoms with Crippen molar-refractivity contribution in [2.45, 2.75) is 45.8 Å². The highest BCUT2D eigenvalue weighted by atomic mass is 16.5. The van der Waals surface area contributed by atoms with Crippen molar-refractivity contribution in [3.63, 3.8) is 0 Å². The van der Waals surface area contributed by atoms with Gasteiger partial charge in [-0.15, -0.1) is 0 Å². The predicted molar refractivity (Wildman–Crippen MR) is 100 cm³/mol. The third kappa shape index (κ3) is 4.17. The molecule has 2 heterocycles. The number of rotatable bonds is 6. The van der Waals surface area contributed by atoms with Gasteiger partial charge in [0, 0.05) is 31.9 Å². The van der Waals surface area contributed by atoms with E-state index in [0.717, 1.165) is 18.4 Å². The molecule has 0 spiro atoms. The van der Waals surface area contributed by atoms with E-state index in [9.17, 15) is 14.7 Å². The zero-order valence-electron chi connectivity index (χ0n) is 16.1. The van der Waals surface area contributed by atoms with Crippen molar-refractivity contribution < 1.29 is 24.2 Å². The Balaban J connectivity index is 1.71. The summed E-state index contributed by atoms with van der Waals surface area (Å²) in [5.41, 5.74) is 0.601. The SMILES string of the molecule is CC(C)C1(C(=O)O)CCN(C(=O)c2ccccc2COC2CCOCC2)C1. The van der Waals surface area contributed by atoms with E-state index in [-0.39, 0.29) is 24.5 Å². The second-order valence-corrected chi connectivity index (χ2v) is 7.87. The minimum Gasteiger partial charge on any atom is -0.481 e. The summed E-state index contributed by atoms with van der Waals surface area (Å²) in [5, 5.41) is 9.72. The number of amides is 1. The lowest BCUT2D eigenvalue weighted by Gasteiger charge is -2.29. The van der Waals surface area contributed by atoms with Crippen LogP contribution >= 0.6 is 0 Å². The number of carbonyl (C=O) groups excluding carboxylic acids is 1. The van der Waals surface area contributed by atoms with Gasteiger partial charge in [-0.3, -0.25) is 9.59 Å². The second kappa shape index (κ2) is 8.40. The molecule has 6 nitrogen and oxygen atoms in total. The van der Waals surface area contributed by atoms with E-state index in [2.05, 4.69) is 0 Å². The van der Waals surface area contributed by atoms with Gasteiger partial charge >= 0.3 is 5.97 Å². The number of carboxylic acids is 1. The van der Waals surface area contributed by atoms with Gasteiger partial charge in [0.25, 0.3) is 5.91 Å². The minimum absolute atomic E-state index is 0.0279. The normalized spacial score (nSPS) is 23.7.